The van der Waals surface area contributed by atoms with Gasteiger partial charge < -0.3 is 14.7 Å². The van der Waals surface area contributed by atoms with Crippen LogP contribution in [-0.2, 0) is 22.3 Å². The number of nitrogens with zero attached hydrogens (tertiary/aromatic N) is 5. The molecule has 11 heteroatoms. The van der Waals surface area contributed by atoms with Gasteiger partial charge in [0.1, 0.15) is 17.0 Å². The highest BCUT2D eigenvalue weighted by atomic mass is 32.2. The molecule has 0 bridgehead atoms. The Morgan fingerprint density at radius 2 is 2.15 bits per heavy atom. The van der Waals surface area contributed by atoms with E-state index in [1.165, 1.54) is 15.4 Å². The van der Waals surface area contributed by atoms with Crippen LogP contribution in [0.2, 0.25) is 0 Å². The molecule has 0 aliphatic carbocycles. The monoisotopic (exact) mass is 398 g/mol. The molecule has 0 aromatic carbocycles. The average Bonchev–Trinajstić information content (AvgIpc) is 3.27. The molecule has 2 aromatic heterocycles. The van der Waals surface area contributed by atoms with Gasteiger partial charge in [-0.3, -0.25) is 4.99 Å². The summed E-state index contributed by atoms with van der Waals surface area (Å²) in [6.45, 7) is 4.61. The second kappa shape index (κ2) is 8.14. The molecule has 0 atom stereocenters. The highest BCUT2D eigenvalue weighted by Crippen LogP contribution is 2.14. The van der Waals surface area contributed by atoms with Gasteiger partial charge >= 0.3 is 0 Å². The third-order valence-corrected chi connectivity index (χ3v) is 6.76. The molecule has 2 aromatic rings. The van der Waals surface area contributed by atoms with Gasteiger partial charge in [-0.1, -0.05) is 5.16 Å². The average molecular weight is 399 g/mol. The number of piperazine rings is 1. The van der Waals surface area contributed by atoms with Crippen molar-refractivity contribution >= 4 is 27.3 Å². The Kier molecular flexibility index (Phi) is 5.89. The summed E-state index contributed by atoms with van der Waals surface area (Å²) in [4.78, 5) is 11.9. The number of aliphatic imine (C=N–C) groups is 1. The molecule has 0 radical (unpaired) electrons. The highest BCUT2D eigenvalue weighted by Gasteiger charge is 2.29. The number of hydrogen-bond acceptors (Lipinski definition) is 7. The zero-order valence-corrected chi connectivity index (χ0v) is 16.4. The molecule has 3 rings (SSSR count). The van der Waals surface area contributed by atoms with E-state index in [1.54, 1.807) is 24.5 Å². The fourth-order valence-corrected chi connectivity index (χ4v) is 4.89. The third kappa shape index (κ3) is 4.59. The second-order valence-corrected chi connectivity index (χ2v) is 9.19. The lowest BCUT2D eigenvalue weighted by atomic mass is 10.4. The molecular formula is C15H22N6O3S2. The predicted octanol–water partition coefficient (Wildman–Crippen LogP) is 0.663. The van der Waals surface area contributed by atoms with Crippen molar-refractivity contribution < 1.29 is 12.9 Å². The standard InChI is InChI=1S/C15H22N6O3S2/c1-12-9-17-14(25-12)10-18-15(16-2)20-4-6-21(7-5-20)26(22,23)11-13-3-8-24-19-13/h3,8-9H,4-7,10-11H2,1-2H3,(H,16,18). The summed E-state index contributed by atoms with van der Waals surface area (Å²) in [5.74, 6) is 0.617. The lowest BCUT2D eigenvalue weighted by Gasteiger charge is -2.35. The van der Waals surface area contributed by atoms with E-state index in [0.717, 1.165) is 11.0 Å². The first kappa shape index (κ1) is 18.8. The summed E-state index contributed by atoms with van der Waals surface area (Å²) in [5, 5.41) is 7.97. The Bertz CT molecular complexity index is 839. The van der Waals surface area contributed by atoms with Gasteiger partial charge in [-0.25, -0.2) is 13.4 Å². The topological polar surface area (TPSA) is 104 Å². The molecule has 26 heavy (non-hydrogen) atoms. The zero-order chi connectivity index (χ0) is 18.6. The molecule has 1 saturated heterocycles. The minimum atomic E-state index is -3.40. The van der Waals surface area contributed by atoms with E-state index < -0.39 is 10.0 Å². The van der Waals surface area contributed by atoms with E-state index in [0.29, 0.717) is 38.4 Å². The van der Waals surface area contributed by atoms with Crippen LogP contribution in [0.5, 0.6) is 0 Å². The van der Waals surface area contributed by atoms with Crippen LogP contribution < -0.4 is 5.32 Å². The molecule has 0 spiro atoms. The number of rotatable bonds is 5. The maximum Gasteiger partial charge on any atom is 0.220 e. The van der Waals surface area contributed by atoms with Gasteiger partial charge in [0.05, 0.1) is 12.2 Å². The molecular weight excluding hydrogens is 376 g/mol. The number of sulfonamides is 1. The predicted molar refractivity (Wildman–Crippen MR) is 99.3 cm³/mol. The lowest BCUT2D eigenvalue weighted by Crippen LogP contribution is -2.53. The molecule has 142 valence electrons. The molecule has 0 unspecified atom stereocenters. The normalized spacial score (nSPS) is 16.8. The summed E-state index contributed by atoms with van der Waals surface area (Å²) in [7, 11) is -1.67. The Morgan fingerprint density at radius 3 is 2.73 bits per heavy atom. The molecule has 1 aliphatic heterocycles. The smallest absolute Gasteiger partial charge is 0.220 e. The van der Waals surface area contributed by atoms with Gasteiger partial charge in [-0.15, -0.1) is 11.3 Å². The van der Waals surface area contributed by atoms with Crippen molar-refractivity contribution in [2.24, 2.45) is 4.99 Å². The van der Waals surface area contributed by atoms with E-state index in [1.807, 2.05) is 13.1 Å². The third-order valence-electron chi connectivity index (χ3n) is 4.03. The number of aromatic nitrogens is 2. The second-order valence-electron chi connectivity index (χ2n) is 5.90. The molecule has 0 amide bonds. The maximum atomic E-state index is 12.5. The van der Waals surface area contributed by atoms with Gasteiger partial charge in [0, 0.05) is 50.4 Å². The Morgan fingerprint density at radius 1 is 1.38 bits per heavy atom. The number of hydrogen-bond donors (Lipinski definition) is 1. The van der Waals surface area contributed by atoms with Crippen LogP contribution in [0.1, 0.15) is 15.6 Å². The fraction of sp³-hybridized carbons (Fsp3) is 0.533. The van der Waals surface area contributed by atoms with Crippen molar-refractivity contribution in [1.29, 1.82) is 0 Å². The molecule has 9 nitrogen and oxygen atoms in total. The summed E-state index contributed by atoms with van der Waals surface area (Å²) in [6.07, 6.45) is 3.23. The van der Waals surface area contributed by atoms with Crippen LogP contribution in [0.4, 0.5) is 0 Å². The first-order chi connectivity index (χ1) is 12.5. The maximum absolute atomic E-state index is 12.5. The van der Waals surface area contributed by atoms with E-state index in [-0.39, 0.29) is 5.75 Å². The minimum Gasteiger partial charge on any atom is -0.364 e. The van der Waals surface area contributed by atoms with Crippen molar-refractivity contribution in [1.82, 2.24) is 24.7 Å². The largest absolute Gasteiger partial charge is 0.364 e. The minimum absolute atomic E-state index is 0.139. The molecule has 1 aliphatic rings. The Hall–Kier alpha value is -1.98. The van der Waals surface area contributed by atoms with Crippen molar-refractivity contribution in [2.75, 3.05) is 33.2 Å². The zero-order valence-electron chi connectivity index (χ0n) is 14.8. The lowest BCUT2D eigenvalue weighted by molar-refractivity contribution is 0.259. The van der Waals surface area contributed by atoms with Crippen molar-refractivity contribution in [2.45, 2.75) is 19.2 Å². The van der Waals surface area contributed by atoms with Crippen LogP contribution in [0.25, 0.3) is 0 Å². The van der Waals surface area contributed by atoms with Crippen molar-refractivity contribution in [3.8, 4) is 0 Å². The van der Waals surface area contributed by atoms with Crippen LogP contribution in [0, 0.1) is 6.92 Å². The summed E-state index contributed by atoms with van der Waals surface area (Å²) in [6, 6.07) is 1.57. The summed E-state index contributed by atoms with van der Waals surface area (Å²) < 4.78 is 31.2. The molecule has 0 saturated carbocycles. The van der Waals surface area contributed by atoms with Crippen molar-refractivity contribution in [3.63, 3.8) is 0 Å². The van der Waals surface area contributed by atoms with Crippen molar-refractivity contribution in [3.05, 3.63) is 34.1 Å². The first-order valence-electron chi connectivity index (χ1n) is 8.22. The van der Waals surface area contributed by atoms with Crippen LogP contribution >= 0.6 is 11.3 Å². The SMILES string of the molecule is CN=C(NCc1ncc(C)s1)N1CCN(S(=O)(=O)Cc2ccon2)CC1. The van der Waals surface area contributed by atoms with Gasteiger partial charge in [0.25, 0.3) is 0 Å². The van der Waals surface area contributed by atoms with E-state index >= 15 is 0 Å². The summed E-state index contributed by atoms with van der Waals surface area (Å²) in [5.41, 5.74) is 0.420. The number of thiazole rings is 1. The highest BCUT2D eigenvalue weighted by molar-refractivity contribution is 7.88. The van der Waals surface area contributed by atoms with Gasteiger partial charge in [-0.2, -0.15) is 4.31 Å². The molecule has 1 fully saturated rings. The summed E-state index contributed by atoms with van der Waals surface area (Å²) >= 11 is 1.64. The Labute approximate surface area is 156 Å². The van der Waals surface area contributed by atoms with E-state index in [2.05, 4.69) is 25.3 Å². The quantitative estimate of drug-likeness (QED) is 0.583. The van der Waals surface area contributed by atoms with Crippen LogP contribution in [0.3, 0.4) is 0 Å². The Balaban J connectivity index is 1.53. The fourth-order valence-electron chi connectivity index (χ4n) is 2.74. The van der Waals surface area contributed by atoms with Crippen LogP contribution in [0.15, 0.2) is 28.0 Å². The van der Waals surface area contributed by atoms with Gasteiger partial charge in [0.2, 0.25) is 10.0 Å². The molecule has 1 N–H and O–H groups in total. The van der Waals surface area contributed by atoms with Crippen LogP contribution in [-0.4, -0.2) is 66.9 Å². The van der Waals surface area contributed by atoms with E-state index in [4.69, 9.17) is 4.52 Å². The molecule has 3 heterocycles. The number of guanidine groups is 1. The van der Waals surface area contributed by atoms with E-state index in [9.17, 15) is 8.42 Å². The van der Waals surface area contributed by atoms with Gasteiger partial charge in [0.15, 0.2) is 5.96 Å². The van der Waals surface area contributed by atoms with Gasteiger partial charge in [-0.05, 0) is 6.92 Å². The number of aryl methyl sites for hydroxylation is 1. The first-order valence-corrected chi connectivity index (χ1v) is 10.6. The number of nitrogens with one attached hydrogen (secondary N) is 1.